The number of benzene rings is 2. The number of thioether (sulfide) groups is 1. The molecule has 0 aliphatic carbocycles. The summed E-state index contributed by atoms with van der Waals surface area (Å²) < 4.78 is 27.7. The molecule has 24 heavy (non-hydrogen) atoms. The van der Waals surface area contributed by atoms with Crippen LogP contribution in [0.1, 0.15) is 11.1 Å². The second-order valence-electron chi connectivity index (χ2n) is 5.32. The summed E-state index contributed by atoms with van der Waals surface area (Å²) in [5.41, 5.74) is 2.48. The normalized spacial score (nSPS) is 13.1. The minimum Gasteiger partial charge on any atom is -0.326 e. The number of aryl methyl sites for hydroxylation is 1. The molecule has 0 spiro atoms. The molecule has 0 fully saturated rings. The van der Waals surface area contributed by atoms with Crippen LogP contribution in [0, 0.1) is 17.6 Å². The van der Waals surface area contributed by atoms with E-state index in [1.54, 1.807) is 31.2 Å². The average Bonchev–Trinajstić information content (AvgIpc) is 2.89. The Kier molecular flexibility index (Phi) is 4.22. The largest absolute Gasteiger partial charge is 0.326 e. The summed E-state index contributed by atoms with van der Waals surface area (Å²) in [6.07, 6.45) is 0.178. The highest BCUT2D eigenvalue weighted by Crippen LogP contribution is 2.28. The quantitative estimate of drug-likeness (QED) is 0.646. The van der Waals surface area contributed by atoms with Crippen molar-refractivity contribution >= 4 is 39.1 Å². The predicted octanol–water partition coefficient (Wildman–Crippen LogP) is 2.86. The number of nitriles is 1. The number of hydrogen-bond donors (Lipinski definition) is 2. The van der Waals surface area contributed by atoms with Crippen molar-refractivity contribution in [2.24, 2.45) is 0 Å². The van der Waals surface area contributed by atoms with E-state index in [0.29, 0.717) is 16.9 Å². The molecule has 0 bridgehead atoms. The third-order valence-corrected chi connectivity index (χ3v) is 5.56. The van der Waals surface area contributed by atoms with Crippen LogP contribution in [0.3, 0.4) is 0 Å². The molecule has 3 rings (SSSR count). The second kappa shape index (κ2) is 6.19. The van der Waals surface area contributed by atoms with Gasteiger partial charge in [-0.1, -0.05) is 0 Å². The number of sulfonamides is 1. The van der Waals surface area contributed by atoms with Crippen LogP contribution in [0.4, 0.5) is 11.4 Å². The van der Waals surface area contributed by atoms with Gasteiger partial charge in [0.05, 0.1) is 17.0 Å². The van der Waals surface area contributed by atoms with Gasteiger partial charge in [0.2, 0.25) is 5.91 Å². The number of nitrogens with one attached hydrogen (secondary N) is 2. The van der Waals surface area contributed by atoms with Gasteiger partial charge in [-0.15, -0.1) is 0 Å². The van der Waals surface area contributed by atoms with Gasteiger partial charge >= 0.3 is 0 Å². The molecule has 6 nitrogen and oxygen atoms in total. The maximum atomic E-state index is 12.6. The van der Waals surface area contributed by atoms with Crippen molar-refractivity contribution in [1.82, 2.24) is 0 Å². The highest BCUT2D eigenvalue weighted by atomic mass is 32.2. The molecular weight excluding hydrogens is 346 g/mol. The Hall–Kier alpha value is -2.50. The van der Waals surface area contributed by atoms with Crippen molar-refractivity contribution in [2.45, 2.75) is 23.1 Å². The lowest BCUT2D eigenvalue weighted by Crippen LogP contribution is -2.14. The summed E-state index contributed by atoms with van der Waals surface area (Å²) in [5.74, 6) is -0.145. The SMILES string of the molecule is Cc1cc(SC#N)ccc1NS(=O)(=O)c1ccc2c(c1)CC(=O)N2. The van der Waals surface area contributed by atoms with E-state index in [2.05, 4.69) is 10.0 Å². The molecule has 2 aromatic rings. The zero-order valence-corrected chi connectivity index (χ0v) is 14.3. The van der Waals surface area contributed by atoms with Crippen molar-refractivity contribution in [1.29, 1.82) is 5.26 Å². The van der Waals surface area contributed by atoms with Crippen molar-refractivity contribution in [3.8, 4) is 5.40 Å². The number of thiocyanates is 1. The number of anilines is 2. The molecule has 0 atom stereocenters. The van der Waals surface area contributed by atoms with Crippen LogP contribution in [0.15, 0.2) is 46.2 Å². The smallest absolute Gasteiger partial charge is 0.261 e. The fraction of sp³-hybridized carbons (Fsp3) is 0.125. The van der Waals surface area contributed by atoms with Gasteiger partial charge in [0.15, 0.2) is 0 Å². The standard InChI is InChI=1S/C16H13N3O3S2/c1-10-6-12(23-9-17)2-4-14(10)19-24(21,22)13-3-5-15-11(7-13)8-16(20)18-15/h2-7,19H,8H2,1H3,(H,18,20). The Morgan fingerprint density at radius 2 is 2.04 bits per heavy atom. The molecule has 0 unspecified atom stereocenters. The van der Waals surface area contributed by atoms with Crippen molar-refractivity contribution in [3.05, 3.63) is 47.5 Å². The number of amides is 1. The molecule has 1 heterocycles. The van der Waals surface area contributed by atoms with Crippen molar-refractivity contribution < 1.29 is 13.2 Å². The van der Waals surface area contributed by atoms with E-state index in [4.69, 9.17) is 5.26 Å². The molecule has 2 aromatic carbocycles. The van der Waals surface area contributed by atoms with E-state index in [0.717, 1.165) is 22.2 Å². The summed E-state index contributed by atoms with van der Waals surface area (Å²) in [7, 11) is -3.76. The summed E-state index contributed by atoms with van der Waals surface area (Å²) in [6, 6.07) is 9.62. The van der Waals surface area contributed by atoms with Gasteiger partial charge in [0, 0.05) is 10.6 Å². The van der Waals surface area contributed by atoms with Crippen LogP contribution in [-0.4, -0.2) is 14.3 Å². The van der Waals surface area contributed by atoms with E-state index >= 15 is 0 Å². The van der Waals surface area contributed by atoms with Gasteiger partial charge in [-0.25, -0.2) is 8.42 Å². The van der Waals surface area contributed by atoms with Crippen LogP contribution in [0.2, 0.25) is 0 Å². The number of rotatable bonds is 4. The average molecular weight is 359 g/mol. The third kappa shape index (κ3) is 3.22. The lowest BCUT2D eigenvalue weighted by atomic mass is 10.2. The van der Waals surface area contributed by atoms with Crippen LogP contribution >= 0.6 is 11.8 Å². The Balaban J connectivity index is 1.89. The lowest BCUT2D eigenvalue weighted by Gasteiger charge is -2.12. The van der Waals surface area contributed by atoms with Gasteiger partial charge < -0.3 is 5.32 Å². The lowest BCUT2D eigenvalue weighted by molar-refractivity contribution is -0.115. The summed E-state index contributed by atoms with van der Waals surface area (Å²) >= 11 is 1.02. The number of carbonyl (C=O) groups is 1. The molecule has 1 aliphatic heterocycles. The van der Waals surface area contributed by atoms with Gasteiger partial charge in [0.1, 0.15) is 5.40 Å². The molecule has 0 radical (unpaired) electrons. The molecule has 1 amide bonds. The van der Waals surface area contributed by atoms with E-state index in [1.165, 1.54) is 12.1 Å². The molecule has 0 saturated heterocycles. The van der Waals surface area contributed by atoms with E-state index < -0.39 is 10.0 Å². The van der Waals surface area contributed by atoms with Gasteiger partial charge in [-0.3, -0.25) is 9.52 Å². The molecule has 8 heteroatoms. The number of fused-ring (bicyclic) bond motifs is 1. The molecule has 122 valence electrons. The Morgan fingerprint density at radius 1 is 1.25 bits per heavy atom. The number of nitrogens with zero attached hydrogens (tertiary/aromatic N) is 1. The van der Waals surface area contributed by atoms with Crippen LogP contribution < -0.4 is 10.0 Å². The Bertz CT molecular complexity index is 979. The molecule has 0 aromatic heterocycles. The zero-order valence-electron chi connectivity index (χ0n) is 12.7. The molecule has 1 aliphatic rings. The third-order valence-electron chi connectivity index (χ3n) is 3.62. The minimum atomic E-state index is -3.76. The monoisotopic (exact) mass is 359 g/mol. The highest BCUT2D eigenvalue weighted by Gasteiger charge is 2.22. The van der Waals surface area contributed by atoms with Gasteiger partial charge in [0.25, 0.3) is 10.0 Å². The zero-order chi connectivity index (χ0) is 17.3. The first kappa shape index (κ1) is 16.4. The highest BCUT2D eigenvalue weighted by molar-refractivity contribution is 8.03. The minimum absolute atomic E-state index is 0.104. The summed E-state index contributed by atoms with van der Waals surface area (Å²) in [6.45, 7) is 1.77. The van der Waals surface area contributed by atoms with Crippen LogP contribution in [0.25, 0.3) is 0 Å². The summed E-state index contributed by atoms with van der Waals surface area (Å²) in [4.78, 5) is 12.2. The Morgan fingerprint density at radius 3 is 2.75 bits per heavy atom. The topological polar surface area (TPSA) is 99.1 Å². The fourth-order valence-electron chi connectivity index (χ4n) is 2.44. The first-order valence-electron chi connectivity index (χ1n) is 7.01. The molecule has 2 N–H and O–H groups in total. The molecule has 0 saturated carbocycles. The van der Waals surface area contributed by atoms with E-state index in [1.807, 2.05) is 5.40 Å². The van der Waals surface area contributed by atoms with Crippen molar-refractivity contribution in [3.63, 3.8) is 0 Å². The van der Waals surface area contributed by atoms with Gasteiger partial charge in [-0.05, 0) is 66.2 Å². The molecular formula is C16H13N3O3S2. The Labute approximate surface area is 143 Å². The predicted molar refractivity (Wildman–Crippen MR) is 92.2 cm³/mol. The van der Waals surface area contributed by atoms with Crippen LogP contribution in [0.5, 0.6) is 0 Å². The van der Waals surface area contributed by atoms with Gasteiger partial charge in [-0.2, -0.15) is 5.26 Å². The fourth-order valence-corrected chi connectivity index (χ4v) is 4.10. The van der Waals surface area contributed by atoms with E-state index in [9.17, 15) is 13.2 Å². The van der Waals surface area contributed by atoms with Crippen LogP contribution in [-0.2, 0) is 21.2 Å². The first-order valence-corrected chi connectivity index (χ1v) is 9.31. The number of carbonyl (C=O) groups excluding carboxylic acids is 1. The summed E-state index contributed by atoms with van der Waals surface area (Å²) in [5, 5.41) is 13.3. The maximum absolute atomic E-state index is 12.6. The number of hydrogen-bond acceptors (Lipinski definition) is 5. The maximum Gasteiger partial charge on any atom is 0.261 e. The second-order valence-corrected chi connectivity index (χ2v) is 7.86. The van der Waals surface area contributed by atoms with E-state index in [-0.39, 0.29) is 17.2 Å². The van der Waals surface area contributed by atoms with Crippen molar-refractivity contribution in [2.75, 3.05) is 10.0 Å². The first-order chi connectivity index (χ1) is 11.4.